The lowest BCUT2D eigenvalue weighted by molar-refractivity contribution is -0.137. The number of hydrogen-bond donors (Lipinski definition) is 1. The summed E-state index contributed by atoms with van der Waals surface area (Å²) in [6.07, 6.45) is -1.28. The van der Waals surface area contributed by atoms with Gasteiger partial charge >= 0.3 is 6.18 Å². The van der Waals surface area contributed by atoms with Crippen molar-refractivity contribution in [1.82, 2.24) is 10.3 Å². The number of hydrogen-bond acceptors (Lipinski definition) is 3. The lowest BCUT2D eigenvalue weighted by Crippen LogP contribution is -2.25. The van der Waals surface area contributed by atoms with E-state index in [1.807, 2.05) is 0 Å². The molecule has 1 saturated carbocycles. The fourth-order valence-corrected chi connectivity index (χ4v) is 1.80. The second-order valence-corrected chi connectivity index (χ2v) is 4.86. The SMILES string of the molecule is O=C(NC1CC1)c1coc(-c2ccc(C(F)(F)F)cc2)n1. The summed E-state index contributed by atoms with van der Waals surface area (Å²) in [6, 6.07) is 4.62. The van der Waals surface area contributed by atoms with Crippen LogP contribution in [0.5, 0.6) is 0 Å². The maximum Gasteiger partial charge on any atom is 0.416 e. The third-order valence-corrected chi connectivity index (χ3v) is 3.11. The van der Waals surface area contributed by atoms with Gasteiger partial charge in [-0.1, -0.05) is 0 Å². The van der Waals surface area contributed by atoms with Crippen LogP contribution >= 0.6 is 0 Å². The van der Waals surface area contributed by atoms with E-state index < -0.39 is 11.7 Å². The Morgan fingerprint density at radius 3 is 2.48 bits per heavy atom. The number of nitrogens with one attached hydrogen (secondary N) is 1. The zero-order valence-corrected chi connectivity index (χ0v) is 10.8. The van der Waals surface area contributed by atoms with Crippen LogP contribution < -0.4 is 5.32 Å². The molecule has 2 aromatic rings. The van der Waals surface area contributed by atoms with Crippen molar-refractivity contribution >= 4 is 5.91 Å². The summed E-state index contributed by atoms with van der Waals surface area (Å²) in [7, 11) is 0. The Kier molecular flexibility index (Phi) is 3.19. The largest absolute Gasteiger partial charge is 0.444 e. The van der Waals surface area contributed by atoms with Crippen molar-refractivity contribution < 1.29 is 22.4 Å². The molecule has 3 rings (SSSR count). The highest BCUT2D eigenvalue weighted by Gasteiger charge is 2.30. The van der Waals surface area contributed by atoms with Crippen LogP contribution in [0.1, 0.15) is 28.9 Å². The number of carbonyl (C=O) groups excluding carboxylic acids is 1. The van der Waals surface area contributed by atoms with Crippen LogP contribution in [-0.2, 0) is 6.18 Å². The second-order valence-electron chi connectivity index (χ2n) is 4.86. The first-order valence-electron chi connectivity index (χ1n) is 6.37. The number of amides is 1. The molecule has 1 aromatic carbocycles. The Morgan fingerprint density at radius 1 is 1.24 bits per heavy atom. The highest BCUT2D eigenvalue weighted by molar-refractivity contribution is 5.92. The first-order chi connectivity index (χ1) is 9.93. The van der Waals surface area contributed by atoms with Crippen LogP contribution in [0, 0.1) is 0 Å². The van der Waals surface area contributed by atoms with Crippen LogP contribution in [0.25, 0.3) is 11.5 Å². The van der Waals surface area contributed by atoms with Gasteiger partial charge in [-0.2, -0.15) is 13.2 Å². The normalized spacial score (nSPS) is 15.0. The van der Waals surface area contributed by atoms with Crippen molar-refractivity contribution in [3.8, 4) is 11.5 Å². The van der Waals surface area contributed by atoms with Crippen molar-refractivity contribution in [2.75, 3.05) is 0 Å². The zero-order chi connectivity index (χ0) is 15.0. The minimum absolute atomic E-state index is 0.115. The Labute approximate surface area is 118 Å². The molecular weight excluding hydrogens is 285 g/mol. The molecule has 1 N–H and O–H groups in total. The van der Waals surface area contributed by atoms with E-state index in [0.29, 0.717) is 5.56 Å². The Bertz CT molecular complexity index is 658. The lowest BCUT2D eigenvalue weighted by atomic mass is 10.1. The predicted molar refractivity (Wildman–Crippen MR) is 67.4 cm³/mol. The molecule has 1 aliphatic rings. The molecule has 1 amide bonds. The summed E-state index contributed by atoms with van der Waals surface area (Å²) in [5.41, 5.74) is -0.241. The van der Waals surface area contributed by atoms with Gasteiger partial charge in [0, 0.05) is 11.6 Å². The van der Waals surface area contributed by atoms with Crippen molar-refractivity contribution in [2.24, 2.45) is 0 Å². The topological polar surface area (TPSA) is 55.1 Å². The second kappa shape index (κ2) is 4.91. The van der Waals surface area contributed by atoms with Crippen LogP contribution in [0.3, 0.4) is 0 Å². The average Bonchev–Trinajstić information content (AvgIpc) is 3.11. The highest BCUT2D eigenvalue weighted by atomic mass is 19.4. The average molecular weight is 296 g/mol. The smallest absolute Gasteiger partial charge is 0.416 e. The zero-order valence-electron chi connectivity index (χ0n) is 10.8. The molecule has 1 fully saturated rings. The fraction of sp³-hybridized carbons (Fsp3) is 0.286. The maximum atomic E-state index is 12.5. The molecule has 1 aliphatic carbocycles. The molecule has 0 saturated heterocycles. The summed E-state index contributed by atoms with van der Waals surface area (Å²) in [5.74, 6) is -0.218. The predicted octanol–water partition coefficient (Wildman–Crippen LogP) is 3.25. The van der Waals surface area contributed by atoms with E-state index >= 15 is 0 Å². The van der Waals surface area contributed by atoms with E-state index in [4.69, 9.17) is 4.42 Å². The Hall–Kier alpha value is -2.31. The van der Waals surface area contributed by atoms with Crippen LogP contribution in [0.15, 0.2) is 34.9 Å². The Morgan fingerprint density at radius 2 is 1.90 bits per heavy atom. The van der Waals surface area contributed by atoms with Crippen LogP contribution in [-0.4, -0.2) is 16.9 Å². The molecule has 21 heavy (non-hydrogen) atoms. The molecule has 110 valence electrons. The molecule has 0 atom stereocenters. The Balaban J connectivity index is 1.77. The summed E-state index contributed by atoms with van der Waals surface area (Å²) < 4.78 is 42.5. The van der Waals surface area contributed by atoms with Gasteiger partial charge in [-0.25, -0.2) is 4.98 Å². The number of rotatable bonds is 3. The fourth-order valence-electron chi connectivity index (χ4n) is 1.80. The van der Waals surface area contributed by atoms with E-state index in [9.17, 15) is 18.0 Å². The van der Waals surface area contributed by atoms with Crippen molar-refractivity contribution in [3.05, 3.63) is 41.8 Å². The van der Waals surface area contributed by atoms with E-state index in [0.717, 1.165) is 25.0 Å². The van der Waals surface area contributed by atoms with Crippen molar-refractivity contribution in [3.63, 3.8) is 0 Å². The standard InChI is InChI=1S/C14H11F3N2O2/c15-14(16,17)9-3-1-8(2-4-9)13-19-11(7-21-13)12(20)18-10-5-6-10/h1-4,7,10H,5-6H2,(H,18,20). The van der Waals surface area contributed by atoms with E-state index in [-0.39, 0.29) is 23.5 Å². The molecular formula is C14H11F3N2O2. The van der Waals surface area contributed by atoms with Gasteiger partial charge < -0.3 is 9.73 Å². The quantitative estimate of drug-likeness (QED) is 0.946. The van der Waals surface area contributed by atoms with Gasteiger partial charge in [0.25, 0.3) is 5.91 Å². The molecule has 4 nitrogen and oxygen atoms in total. The van der Waals surface area contributed by atoms with Gasteiger partial charge in [0.2, 0.25) is 5.89 Å². The molecule has 0 unspecified atom stereocenters. The van der Waals surface area contributed by atoms with Crippen LogP contribution in [0.4, 0.5) is 13.2 Å². The number of aromatic nitrogens is 1. The lowest BCUT2D eigenvalue weighted by Gasteiger charge is -2.05. The molecule has 0 aliphatic heterocycles. The van der Waals surface area contributed by atoms with Gasteiger partial charge in [0.15, 0.2) is 5.69 Å². The molecule has 1 heterocycles. The molecule has 7 heteroatoms. The molecule has 0 radical (unpaired) electrons. The number of oxazole rings is 1. The number of nitrogens with zero attached hydrogens (tertiary/aromatic N) is 1. The number of carbonyl (C=O) groups is 1. The molecule has 0 bridgehead atoms. The third-order valence-electron chi connectivity index (χ3n) is 3.11. The third kappa shape index (κ3) is 3.07. The minimum atomic E-state index is -4.38. The van der Waals surface area contributed by atoms with E-state index in [2.05, 4.69) is 10.3 Å². The summed E-state index contributed by atoms with van der Waals surface area (Å²) in [5, 5.41) is 2.75. The van der Waals surface area contributed by atoms with Crippen molar-refractivity contribution in [2.45, 2.75) is 25.1 Å². The van der Waals surface area contributed by atoms with Gasteiger partial charge in [0.1, 0.15) is 6.26 Å². The minimum Gasteiger partial charge on any atom is -0.444 e. The van der Waals surface area contributed by atoms with Crippen molar-refractivity contribution in [1.29, 1.82) is 0 Å². The molecule has 1 aromatic heterocycles. The first kappa shape index (κ1) is 13.7. The number of benzene rings is 1. The summed E-state index contributed by atoms with van der Waals surface area (Å²) in [4.78, 5) is 15.7. The summed E-state index contributed by atoms with van der Waals surface area (Å²) in [6.45, 7) is 0. The molecule has 0 spiro atoms. The summed E-state index contributed by atoms with van der Waals surface area (Å²) >= 11 is 0. The highest BCUT2D eigenvalue weighted by Crippen LogP contribution is 2.30. The van der Waals surface area contributed by atoms with Gasteiger partial charge in [-0.3, -0.25) is 4.79 Å². The van der Waals surface area contributed by atoms with Crippen LogP contribution in [0.2, 0.25) is 0 Å². The monoisotopic (exact) mass is 296 g/mol. The van der Waals surface area contributed by atoms with Gasteiger partial charge in [0.05, 0.1) is 5.56 Å². The van der Waals surface area contributed by atoms with Gasteiger partial charge in [-0.05, 0) is 37.1 Å². The number of halogens is 3. The van der Waals surface area contributed by atoms with Gasteiger partial charge in [-0.15, -0.1) is 0 Å². The number of alkyl halides is 3. The maximum absolute atomic E-state index is 12.5. The van der Waals surface area contributed by atoms with E-state index in [1.165, 1.54) is 18.4 Å². The first-order valence-corrected chi connectivity index (χ1v) is 6.37. The van der Waals surface area contributed by atoms with E-state index in [1.54, 1.807) is 0 Å².